The first-order chi connectivity index (χ1) is 8.77. The molecule has 0 aromatic heterocycles. The van der Waals surface area contributed by atoms with E-state index in [0.717, 1.165) is 0 Å². The number of hydrogen-bond donors (Lipinski definition) is 0. The number of allylic oxidation sites excluding steroid dienone is 6. The van der Waals surface area contributed by atoms with Crippen molar-refractivity contribution in [2.24, 2.45) is 0 Å². The van der Waals surface area contributed by atoms with E-state index in [4.69, 9.17) is 4.74 Å². The van der Waals surface area contributed by atoms with E-state index in [-0.39, 0.29) is 0 Å². The Morgan fingerprint density at radius 1 is 0.944 bits per heavy atom. The van der Waals surface area contributed by atoms with Gasteiger partial charge in [-0.15, -0.1) is 0 Å². The van der Waals surface area contributed by atoms with Crippen LogP contribution in [0.4, 0.5) is 0 Å². The fourth-order valence-corrected chi connectivity index (χ4v) is 2.11. The molecule has 0 spiro atoms. The van der Waals surface area contributed by atoms with Gasteiger partial charge in [-0.1, -0.05) is 30.4 Å². The number of hydrogen-bond acceptors (Lipinski definition) is 4. The fourth-order valence-electron chi connectivity index (χ4n) is 2.11. The minimum absolute atomic E-state index is 0.337. The summed E-state index contributed by atoms with van der Waals surface area (Å²) in [5.41, 5.74) is 1.36. The molecule has 1 aliphatic carbocycles. The van der Waals surface area contributed by atoms with Crippen molar-refractivity contribution in [3.05, 3.63) is 58.9 Å². The first-order valence-electron chi connectivity index (χ1n) is 5.66. The van der Waals surface area contributed by atoms with Crippen LogP contribution in [-0.2, 0) is 19.1 Å². The molecule has 90 valence electrons. The minimum atomic E-state index is -0.587. The Morgan fingerprint density at radius 2 is 1.72 bits per heavy atom. The predicted molar refractivity (Wildman–Crippen MR) is 63.1 cm³/mol. The van der Waals surface area contributed by atoms with Gasteiger partial charge in [0.1, 0.15) is 5.76 Å². The van der Waals surface area contributed by atoms with Crippen molar-refractivity contribution in [3.8, 4) is 0 Å². The highest BCUT2D eigenvalue weighted by molar-refractivity contribution is 6.15. The number of ether oxygens (including phenoxy) is 2. The highest BCUT2D eigenvalue weighted by Crippen LogP contribution is 2.33. The molecule has 0 N–H and O–H groups in total. The summed E-state index contributed by atoms with van der Waals surface area (Å²) in [6, 6.07) is 0. The number of esters is 2. The zero-order valence-corrected chi connectivity index (χ0v) is 9.51. The van der Waals surface area contributed by atoms with E-state index in [9.17, 15) is 9.59 Å². The second-order valence-corrected chi connectivity index (χ2v) is 4.01. The van der Waals surface area contributed by atoms with Crippen molar-refractivity contribution in [3.63, 3.8) is 0 Å². The van der Waals surface area contributed by atoms with Crippen LogP contribution in [-0.4, -0.2) is 18.5 Å². The second-order valence-electron chi connectivity index (χ2n) is 4.01. The Morgan fingerprint density at radius 3 is 2.56 bits per heavy atom. The van der Waals surface area contributed by atoms with Crippen LogP contribution in [0.3, 0.4) is 0 Å². The number of cyclic esters (lactones) is 2. The molecule has 0 fully saturated rings. The standard InChI is InChI=1S/C14H10O4/c15-13-10-7-8-17-11-6-4-2-1-3-5-9(11)12(10)14(16)18-13/h1-6H,7-8H2/b2-1-,3-1?,4-2?,5-3-,6-4-,9-5?,11-6?. The Labute approximate surface area is 104 Å². The summed E-state index contributed by atoms with van der Waals surface area (Å²) in [5, 5.41) is 0. The van der Waals surface area contributed by atoms with Gasteiger partial charge in [-0.3, -0.25) is 0 Å². The molecule has 0 unspecified atom stereocenters. The molecule has 0 bridgehead atoms. The van der Waals surface area contributed by atoms with Crippen LogP contribution in [0.1, 0.15) is 6.42 Å². The van der Waals surface area contributed by atoms with Crippen molar-refractivity contribution in [2.75, 3.05) is 6.61 Å². The second kappa shape index (κ2) is 4.14. The molecule has 0 saturated carbocycles. The van der Waals surface area contributed by atoms with Crippen LogP contribution >= 0.6 is 0 Å². The average molecular weight is 242 g/mol. The minimum Gasteiger partial charge on any atom is -0.493 e. The van der Waals surface area contributed by atoms with Crippen LogP contribution in [0.5, 0.6) is 0 Å². The van der Waals surface area contributed by atoms with Gasteiger partial charge in [0.15, 0.2) is 0 Å². The van der Waals surface area contributed by atoms with Gasteiger partial charge >= 0.3 is 11.9 Å². The van der Waals surface area contributed by atoms with Crippen molar-refractivity contribution >= 4 is 11.9 Å². The van der Waals surface area contributed by atoms with Gasteiger partial charge in [-0.05, 0) is 6.08 Å². The van der Waals surface area contributed by atoms with Gasteiger partial charge in [0, 0.05) is 12.0 Å². The molecule has 0 atom stereocenters. The van der Waals surface area contributed by atoms with Crippen molar-refractivity contribution in [2.45, 2.75) is 6.42 Å². The predicted octanol–water partition coefficient (Wildman–Crippen LogP) is 1.72. The van der Waals surface area contributed by atoms with E-state index in [1.54, 1.807) is 18.2 Å². The molecule has 3 aliphatic rings. The van der Waals surface area contributed by atoms with Gasteiger partial charge < -0.3 is 9.47 Å². The highest BCUT2D eigenvalue weighted by Gasteiger charge is 2.36. The Balaban J connectivity index is 2.20. The van der Waals surface area contributed by atoms with Gasteiger partial charge in [0.25, 0.3) is 0 Å². The lowest BCUT2D eigenvalue weighted by atomic mass is 9.98. The topological polar surface area (TPSA) is 52.6 Å². The molecule has 3 rings (SSSR count). The Hall–Kier alpha value is -2.36. The van der Waals surface area contributed by atoms with E-state index in [1.165, 1.54) is 0 Å². The number of carbonyl (C=O) groups is 2. The molecule has 0 aromatic rings. The van der Waals surface area contributed by atoms with E-state index in [0.29, 0.717) is 35.5 Å². The first-order valence-corrected chi connectivity index (χ1v) is 5.66. The lowest BCUT2D eigenvalue weighted by molar-refractivity contribution is -0.151. The monoisotopic (exact) mass is 242 g/mol. The summed E-state index contributed by atoms with van der Waals surface area (Å²) < 4.78 is 10.2. The first kappa shape index (κ1) is 10.8. The molecule has 2 aliphatic heterocycles. The lowest BCUT2D eigenvalue weighted by Gasteiger charge is -2.08. The zero-order valence-electron chi connectivity index (χ0n) is 9.51. The molecule has 0 aromatic carbocycles. The van der Waals surface area contributed by atoms with Crippen LogP contribution in [0.25, 0.3) is 0 Å². The third-order valence-corrected chi connectivity index (χ3v) is 2.93. The summed E-state index contributed by atoms with van der Waals surface area (Å²) in [6.45, 7) is 0.363. The lowest BCUT2D eigenvalue weighted by Crippen LogP contribution is -2.06. The van der Waals surface area contributed by atoms with E-state index < -0.39 is 11.9 Å². The summed E-state index contributed by atoms with van der Waals surface area (Å²) in [5.74, 6) is -0.551. The maximum Gasteiger partial charge on any atom is 0.347 e. The van der Waals surface area contributed by atoms with Crippen LogP contribution in [0, 0.1) is 0 Å². The highest BCUT2D eigenvalue weighted by atomic mass is 16.6. The molecule has 0 saturated heterocycles. The van der Waals surface area contributed by atoms with E-state index in [1.807, 2.05) is 18.2 Å². The van der Waals surface area contributed by atoms with Gasteiger partial charge in [-0.2, -0.15) is 0 Å². The Kier molecular flexibility index (Phi) is 2.48. The smallest absolute Gasteiger partial charge is 0.347 e. The quantitative estimate of drug-likeness (QED) is 0.479. The summed E-state index contributed by atoms with van der Waals surface area (Å²) in [4.78, 5) is 23.3. The van der Waals surface area contributed by atoms with Gasteiger partial charge in [0.05, 0.1) is 17.8 Å². The van der Waals surface area contributed by atoms with Crippen LogP contribution in [0.15, 0.2) is 58.9 Å². The summed E-state index contributed by atoms with van der Waals surface area (Å²) >= 11 is 0. The SMILES string of the molecule is O=C1OC(=O)C2=C1CCOC1=C2\C=C/C=C\C=C/1. The third kappa shape index (κ3) is 1.62. The largest absolute Gasteiger partial charge is 0.493 e. The van der Waals surface area contributed by atoms with Gasteiger partial charge in [0.2, 0.25) is 0 Å². The average Bonchev–Trinajstić information content (AvgIpc) is 2.50. The number of carbonyl (C=O) groups excluding carboxylic acids is 2. The molecule has 18 heavy (non-hydrogen) atoms. The summed E-state index contributed by atoms with van der Waals surface area (Å²) in [7, 11) is 0. The van der Waals surface area contributed by atoms with Crippen molar-refractivity contribution in [1.29, 1.82) is 0 Å². The fraction of sp³-hybridized carbons (Fsp3) is 0.143. The molecular formula is C14H10O4. The maximum absolute atomic E-state index is 11.8. The molecule has 2 heterocycles. The number of rotatable bonds is 0. The van der Waals surface area contributed by atoms with E-state index in [2.05, 4.69) is 4.74 Å². The normalized spacial score (nSPS) is 27.3. The van der Waals surface area contributed by atoms with Crippen molar-refractivity contribution in [1.82, 2.24) is 0 Å². The summed E-state index contributed by atoms with van der Waals surface area (Å²) in [6.07, 6.45) is 11.3. The molecular weight excluding hydrogens is 232 g/mol. The van der Waals surface area contributed by atoms with E-state index >= 15 is 0 Å². The molecule has 0 amide bonds. The zero-order chi connectivity index (χ0) is 12.5. The third-order valence-electron chi connectivity index (χ3n) is 2.93. The van der Waals surface area contributed by atoms with Gasteiger partial charge in [-0.25, -0.2) is 9.59 Å². The molecule has 0 radical (unpaired) electrons. The van der Waals surface area contributed by atoms with Crippen molar-refractivity contribution < 1.29 is 19.1 Å². The maximum atomic E-state index is 11.8. The van der Waals surface area contributed by atoms with Crippen LogP contribution in [0.2, 0.25) is 0 Å². The number of fused-ring (bicyclic) bond motifs is 1. The molecule has 4 nitrogen and oxygen atoms in total. The molecule has 4 heteroatoms. The Bertz CT molecular complexity index is 585. The van der Waals surface area contributed by atoms with Crippen LogP contribution < -0.4 is 0 Å².